The second-order valence-corrected chi connectivity index (χ2v) is 10.5. The molecule has 0 atom stereocenters. The van der Waals surface area contributed by atoms with E-state index >= 15 is 0 Å². The molecule has 2 aliphatic heterocycles. The van der Waals surface area contributed by atoms with E-state index in [2.05, 4.69) is 9.89 Å². The molecule has 3 aromatic carbocycles. The first-order chi connectivity index (χ1) is 18.5. The lowest BCUT2D eigenvalue weighted by Crippen LogP contribution is -2.38. The average molecular weight is 523 g/mol. The SMILES string of the molecule is Cc1ccc(C(=O)C/C(=C/C(=C2/SC(N3CCOCC3)=NC2=O)c2ccc(C)cc2)c2ccccc2)cc1. The van der Waals surface area contributed by atoms with Crippen LogP contribution in [0.2, 0.25) is 0 Å². The van der Waals surface area contributed by atoms with Gasteiger partial charge in [-0.25, -0.2) is 0 Å². The van der Waals surface area contributed by atoms with Gasteiger partial charge in [0.2, 0.25) is 0 Å². The maximum absolute atomic E-state index is 13.4. The van der Waals surface area contributed by atoms with E-state index in [1.807, 2.05) is 98.8 Å². The van der Waals surface area contributed by atoms with Gasteiger partial charge in [-0.1, -0.05) is 90.0 Å². The van der Waals surface area contributed by atoms with Crippen molar-refractivity contribution in [3.63, 3.8) is 0 Å². The van der Waals surface area contributed by atoms with E-state index in [9.17, 15) is 9.59 Å². The lowest BCUT2D eigenvalue weighted by atomic mass is 9.93. The summed E-state index contributed by atoms with van der Waals surface area (Å²) < 4.78 is 5.48. The molecule has 0 radical (unpaired) electrons. The van der Waals surface area contributed by atoms with Crippen molar-refractivity contribution in [3.05, 3.63) is 118 Å². The van der Waals surface area contributed by atoms with Crippen LogP contribution in [0.25, 0.3) is 11.1 Å². The van der Waals surface area contributed by atoms with E-state index in [0.29, 0.717) is 41.9 Å². The molecule has 1 fully saturated rings. The normalized spacial score (nSPS) is 17.4. The topological polar surface area (TPSA) is 59.0 Å². The van der Waals surface area contributed by atoms with E-state index in [4.69, 9.17) is 4.74 Å². The molecule has 2 heterocycles. The van der Waals surface area contributed by atoms with Crippen LogP contribution in [0.15, 0.2) is 94.8 Å². The molecular formula is C32H30N2O3S. The minimum absolute atomic E-state index is 0.0315. The molecule has 1 saturated heterocycles. The van der Waals surface area contributed by atoms with Crippen molar-refractivity contribution in [1.82, 2.24) is 4.90 Å². The van der Waals surface area contributed by atoms with E-state index in [1.165, 1.54) is 11.8 Å². The third-order valence-electron chi connectivity index (χ3n) is 6.66. The highest BCUT2D eigenvalue weighted by molar-refractivity contribution is 8.18. The summed E-state index contributed by atoms with van der Waals surface area (Å²) in [5.74, 6) is -0.218. The van der Waals surface area contributed by atoms with Crippen LogP contribution in [-0.4, -0.2) is 48.1 Å². The van der Waals surface area contributed by atoms with Crippen molar-refractivity contribution in [3.8, 4) is 0 Å². The average Bonchev–Trinajstić information content (AvgIpc) is 3.34. The predicted molar refractivity (Wildman–Crippen MR) is 155 cm³/mol. The molecule has 0 bridgehead atoms. The fraction of sp³-hybridized carbons (Fsp3) is 0.219. The van der Waals surface area contributed by atoms with Gasteiger partial charge in [-0.2, -0.15) is 4.99 Å². The van der Waals surface area contributed by atoms with Gasteiger partial charge in [0.15, 0.2) is 11.0 Å². The molecule has 1 amide bonds. The first kappa shape index (κ1) is 25.9. The Morgan fingerprint density at radius 1 is 0.868 bits per heavy atom. The second-order valence-electron chi connectivity index (χ2n) is 9.51. The number of hydrogen-bond acceptors (Lipinski definition) is 5. The number of morpholine rings is 1. The third kappa shape index (κ3) is 6.04. The molecule has 5 rings (SSSR count). The molecular weight excluding hydrogens is 492 g/mol. The van der Waals surface area contributed by atoms with Crippen LogP contribution in [0, 0.1) is 13.8 Å². The van der Waals surface area contributed by atoms with Crippen molar-refractivity contribution in [2.75, 3.05) is 26.3 Å². The maximum Gasteiger partial charge on any atom is 0.286 e. The summed E-state index contributed by atoms with van der Waals surface area (Å²) in [6.07, 6.45) is 2.22. The number of ether oxygens (including phenoxy) is 1. The van der Waals surface area contributed by atoms with Gasteiger partial charge in [0.05, 0.1) is 18.1 Å². The maximum atomic E-state index is 13.4. The Balaban J connectivity index is 1.58. The smallest absolute Gasteiger partial charge is 0.286 e. The molecule has 6 heteroatoms. The molecule has 192 valence electrons. The van der Waals surface area contributed by atoms with E-state index in [0.717, 1.165) is 33.4 Å². The highest BCUT2D eigenvalue weighted by Crippen LogP contribution is 2.38. The van der Waals surface area contributed by atoms with Gasteiger partial charge in [0.25, 0.3) is 5.91 Å². The van der Waals surface area contributed by atoms with Gasteiger partial charge >= 0.3 is 0 Å². The molecule has 38 heavy (non-hydrogen) atoms. The van der Waals surface area contributed by atoms with Crippen molar-refractivity contribution >= 4 is 39.8 Å². The number of amidine groups is 1. The zero-order valence-corrected chi connectivity index (χ0v) is 22.5. The summed E-state index contributed by atoms with van der Waals surface area (Å²) in [6.45, 7) is 6.71. The number of allylic oxidation sites excluding steroid dienone is 3. The number of thioether (sulfide) groups is 1. The first-order valence-electron chi connectivity index (χ1n) is 12.8. The number of benzene rings is 3. The van der Waals surface area contributed by atoms with Crippen LogP contribution in [0.5, 0.6) is 0 Å². The predicted octanol–water partition coefficient (Wildman–Crippen LogP) is 6.33. The number of carbonyl (C=O) groups is 2. The standard InChI is InChI=1S/C32H30N2O3S/c1-22-8-12-25(13-9-22)28(30-31(36)33-32(38-30)34-16-18-37-19-17-34)20-27(24-6-4-3-5-7-24)21-29(35)26-14-10-23(2)11-15-26/h3-15,20H,16-19,21H2,1-2H3/b27-20-,30-28-. The number of carbonyl (C=O) groups excluding carboxylic acids is 2. The van der Waals surface area contributed by atoms with Crippen molar-refractivity contribution in [2.45, 2.75) is 20.3 Å². The number of ketones is 1. The zero-order valence-electron chi connectivity index (χ0n) is 21.6. The fourth-order valence-electron chi connectivity index (χ4n) is 4.45. The fourth-order valence-corrected chi connectivity index (χ4v) is 5.49. The Labute approximate surface area is 227 Å². The monoisotopic (exact) mass is 522 g/mol. The number of amides is 1. The quantitative estimate of drug-likeness (QED) is 0.280. The molecule has 2 aliphatic rings. The molecule has 0 spiro atoms. The van der Waals surface area contributed by atoms with Crippen LogP contribution in [0.3, 0.4) is 0 Å². The minimum Gasteiger partial charge on any atom is -0.378 e. The summed E-state index contributed by atoms with van der Waals surface area (Å²) in [7, 11) is 0. The number of aryl methyl sites for hydroxylation is 2. The van der Waals surface area contributed by atoms with Gasteiger partial charge in [-0.3, -0.25) is 9.59 Å². The van der Waals surface area contributed by atoms with Gasteiger partial charge in [-0.15, -0.1) is 0 Å². The number of hydrogen-bond donors (Lipinski definition) is 0. The Morgan fingerprint density at radius 2 is 1.47 bits per heavy atom. The summed E-state index contributed by atoms with van der Waals surface area (Å²) in [5.41, 5.74) is 6.42. The number of Topliss-reactive ketones (excluding diaryl/α,β-unsaturated/α-hetero) is 1. The second kappa shape index (κ2) is 11.8. The highest BCUT2D eigenvalue weighted by atomic mass is 32.2. The molecule has 0 saturated carbocycles. The summed E-state index contributed by atoms with van der Waals surface area (Å²) >= 11 is 1.41. The van der Waals surface area contributed by atoms with Gasteiger partial charge in [0.1, 0.15) is 0 Å². The van der Waals surface area contributed by atoms with Crippen LogP contribution < -0.4 is 0 Å². The van der Waals surface area contributed by atoms with Gasteiger partial charge in [-0.05, 0) is 48.4 Å². The van der Waals surface area contributed by atoms with Crippen molar-refractivity contribution in [1.29, 1.82) is 0 Å². The summed E-state index contributed by atoms with van der Waals surface area (Å²) in [5, 5.41) is 0.711. The van der Waals surface area contributed by atoms with Crippen LogP contribution in [0.4, 0.5) is 0 Å². The zero-order chi connectivity index (χ0) is 26.5. The summed E-state index contributed by atoms with van der Waals surface area (Å²) in [6, 6.07) is 25.7. The molecule has 0 unspecified atom stereocenters. The van der Waals surface area contributed by atoms with Gasteiger partial charge < -0.3 is 9.64 Å². The lowest BCUT2D eigenvalue weighted by Gasteiger charge is -2.27. The Hall–Kier alpha value is -3.74. The Kier molecular flexibility index (Phi) is 8.01. The molecule has 0 aromatic heterocycles. The third-order valence-corrected chi connectivity index (χ3v) is 7.79. The first-order valence-corrected chi connectivity index (χ1v) is 13.6. The van der Waals surface area contributed by atoms with Crippen LogP contribution >= 0.6 is 11.8 Å². The Morgan fingerprint density at radius 3 is 2.11 bits per heavy atom. The number of nitrogens with zero attached hydrogens (tertiary/aromatic N) is 2. The van der Waals surface area contributed by atoms with E-state index in [1.54, 1.807) is 0 Å². The number of aliphatic imine (C=N–C) groups is 1. The van der Waals surface area contributed by atoms with Gasteiger partial charge in [0, 0.05) is 30.6 Å². The molecule has 3 aromatic rings. The van der Waals surface area contributed by atoms with Crippen molar-refractivity contribution in [2.24, 2.45) is 4.99 Å². The summed E-state index contributed by atoms with van der Waals surface area (Å²) in [4.78, 5) is 33.8. The number of rotatable bonds is 6. The molecule has 0 N–H and O–H groups in total. The minimum atomic E-state index is -0.249. The highest BCUT2D eigenvalue weighted by Gasteiger charge is 2.30. The Bertz CT molecular complexity index is 1420. The largest absolute Gasteiger partial charge is 0.378 e. The van der Waals surface area contributed by atoms with E-state index in [-0.39, 0.29) is 18.1 Å². The molecule has 0 aliphatic carbocycles. The lowest BCUT2D eigenvalue weighted by molar-refractivity contribution is -0.113. The van der Waals surface area contributed by atoms with Crippen LogP contribution in [-0.2, 0) is 9.53 Å². The molecule has 5 nitrogen and oxygen atoms in total. The van der Waals surface area contributed by atoms with E-state index < -0.39 is 0 Å². The van der Waals surface area contributed by atoms with Crippen molar-refractivity contribution < 1.29 is 14.3 Å². The van der Waals surface area contributed by atoms with Crippen LogP contribution in [0.1, 0.15) is 39.0 Å².